The van der Waals surface area contributed by atoms with Gasteiger partial charge in [0.15, 0.2) is 6.17 Å². The third kappa shape index (κ3) is 3.53. The molecule has 2 aromatic carbocycles. The van der Waals surface area contributed by atoms with Crippen LogP contribution in [0, 0.1) is 0 Å². The topological polar surface area (TPSA) is 65.9 Å². The summed E-state index contributed by atoms with van der Waals surface area (Å²) in [6, 6.07) is 18.2. The number of allylic oxidation sites excluding steroid dienone is 1. The Morgan fingerprint density at radius 2 is 1.81 bits per heavy atom. The Bertz CT molecular complexity index is 1200. The van der Waals surface area contributed by atoms with Crippen molar-refractivity contribution in [1.29, 1.82) is 0 Å². The van der Waals surface area contributed by atoms with Gasteiger partial charge in [0.05, 0.1) is 22.9 Å². The van der Waals surface area contributed by atoms with Gasteiger partial charge in [-0.2, -0.15) is 0 Å². The van der Waals surface area contributed by atoms with E-state index in [-0.39, 0.29) is 12.3 Å². The third-order valence-corrected chi connectivity index (χ3v) is 5.74. The molecule has 0 aliphatic carbocycles. The average molecular weight is 410 g/mol. The van der Waals surface area contributed by atoms with Crippen LogP contribution in [0.1, 0.15) is 11.7 Å². The summed E-state index contributed by atoms with van der Waals surface area (Å²) in [5.74, 6) is 0.589. The number of aliphatic imine (C=N–C) groups is 1. The molecule has 0 radical (unpaired) electrons. The van der Waals surface area contributed by atoms with Crippen molar-refractivity contribution in [3.63, 3.8) is 0 Å². The van der Waals surface area contributed by atoms with Crippen LogP contribution >= 0.6 is 0 Å². The van der Waals surface area contributed by atoms with E-state index in [1.807, 2.05) is 42.7 Å². The van der Waals surface area contributed by atoms with Gasteiger partial charge in [0.2, 0.25) is 5.88 Å². The maximum atomic E-state index is 6.02. The first-order chi connectivity index (χ1) is 15.3. The molecule has 0 saturated carbocycles. The molecule has 31 heavy (non-hydrogen) atoms. The summed E-state index contributed by atoms with van der Waals surface area (Å²) in [7, 11) is 0. The second kappa shape index (κ2) is 7.52. The van der Waals surface area contributed by atoms with E-state index in [9.17, 15) is 0 Å². The lowest BCUT2D eigenvalue weighted by atomic mass is 10.1. The first-order valence-corrected chi connectivity index (χ1v) is 10.5. The van der Waals surface area contributed by atoms with Gasteiger partial charge in [-0.25, -0.2) is 9.97 Å². The van der Waals surface area contributed by atoms with Gasteiger partial charge in [-0.15, -0.1) is 0 Å². The molecule has 0 spiro atoms. The van der Waals surface area contributed by atoms with Crippen molar-refractivity contribution >= 4 is 17.2 Å². The Morgan fingerprint density at radius 1 is 1.00 bits per heavy atom. The number of para-hydroxylation sites is 2. The summed E-state index contributed by atoms with van der Waals surface area (Å²) < 4.78 is 6.02. The van der Waals surface area contributed by atoms with Crippen LogP contribution < -0.4 is 10.1 Å². The number of nitrogens with zero attached hydrogens (tertiary/aromatic N) is 5. The number of likely N-dealkylation sites (tertiary alicyclic amines) is 1. The van der Waals surface area contributed by atoms with Crippen LogP contribution in [0.4, 0.5) is 0 Å². The predicted octanol–water partition coefficient (Wildman–Crippen LogP) is 3.06. The summed E-state index contributed by atoms with van der Waals surface area (Å²) >= 11 is 0. The van der Waals surface area contributed by atoms with E-state index >= 15 is 0 Å². The number of rotatable bonds is 5. The molecule has 1 atom stereocenters. The van der Waals surface area contributed by atoms with E-state index in [2.05, 4.69) is 60.5 Å². The average Bonchev–Trinajstić information content (AvgIpc) is 3.21. The minimum Gasteiger partial charge on any atom is -0.471 e. The molecule has 1 aromatic heterocycles. The van der Waals surface area contributed by atoms with Crippen LogP contribution in [0.3, 0.4) is 0 Å². The molecule has 1 unspecified atom stereocenters. The smallest absolute Gasteiger partial charge is 0.233 e. The Kier molecular flexibility index (Phi) is 4.39. The number of aromatic nitrogens is 2. The number of ether oxygens (including phenoxy) is 1. The van der Waals surface area contributed by atoms with E-state index in [0.717, 1.165) is 42.1 Å². The Balaban J connectivity index is 1.07. The lowest BCUT2D eigenvalue weighted by Crippen LogP contribution is -2.55. The molecule has 1 fully saturated rings. The number of nitrogens with one attached hydrogen (secondary N) is 1. The minimum atomic E-state index is 0.00324. The van der Waals surface area contributed by atoms with Gasteiger partial charge >= 0.3 is 0 Å². The number of fused-ring (bicyclic) bond motifs is 2. The van der Waals surface area contributed by atoms with Crippen LogP contribution in [0.25, 0.3) is 11.0 Å². The lowest BCUT2D eigenvalue weighted by Gasteiger charge is -2.39. The van der Waals surface area contributed by atoms with Crippen LogP contribution in [-0.4, -0.2) is 51.7 Å². The van der Waals surface area contributed by atoms with Crippen LogP contribution in [0.2, 0.25) is 0 Å². The highest BCUT2D eigenvalue weighted by molar-refractivity contribution is 5.81. The predicted molar refractivity (Wildman–Crippen MR) is 119 cm³/mol. The zero-order valence-electron chi connectivity index (χ0n) is 16.9. The monoisotopic (exact) mass is 410 g/mol. The Labute approximate surface area is 180 Å². The second-order valence-corrected chi connectivity index (χ2v) is 7.97. The quantitative estimate of drug-likeness (QED) is 0.697. The van der Waals surface area contributed by atoms with E-state index in [1.54, 1.807) is 6.20 Å². The summed E-state index contributed by atoms with van der Waals surface area (Å²) in [6.07, 6.45) is 7.97. The molecule has 1 N–H and O–H groups in total. The van der Waals surface area contributed by atoms with Gasteiger partial charge in [-0.1, -0.05) is 42.5 Å². The summed E-state index contributed by atoms with van der Waals surface area (Å²) in [6.45, 7) is 2.57. The Morgan fingerprint density at radius 3 is 2.68 bits per heavy atom. The van der Waals surface area contributed by atoms with Gasteiger partial charge in [-0.05, 0) is 17.7 Å². The molecule has 3 aliphatic rings. The number of hydrogen-bond donors (Lipinski definition) is 1. The van der Waals surface area contributed by atoms with Crippen LogP contribution in [0.5, 0.6) is 5.88 Å². The molecule has 7 nitrogen and oxygen atoms in total. The number of benzene rings is 2. The fourth-order valence-electron chi connectivity index (χ4n) is 4.15. The lowest BCUT2D eigenvalue weighted by molar-refractivity contribution is 0.0225. The molecule has 0 amide bonds. The minimum absolute atomic E-state index is 0.00324. The highest BCUT2D eigenvalue weighted by atomic mass is 16.5. The molecule has 4 heterocycles. The van der Waals surface area contributed by atoms with Crippen molar-refractivity contribution in [3.8, 4) is 5.88 Å². The maximum Gasteiger partial charge on any atom is 0.233 e. The summed E-state index contributed by atoms with van der Waals surface area (Å²) in [4.78, 5) is 18.2. The molecule has 6 rings (SSSR count). The zero-order valence-corrected chi connectivity index (χ0v) is 16.9. The normalized spacial score (nSPS) is 20.6. The molecule has 154 valence electrons. The number of hydrogen-bond acceptors (Lipinski definition) is 7. The summed E-state index contributed by atoms with van der Waals surface area (Å²) in [5.41, 5.74) is 5.16. The zero-order chi connectivity index (χ0) is 20.6. The van der Waals surface area contributed by atoms with Crippen molar-refractivity contribution in [2.75, 3.05) is 19.6 Å². The molecule has 7 heteroatoms. The van der Waals surface area contributed by atoms with Gasteiger partial charge in [0.1, 0.15) is 6.10 Å². The first kappa shape index (κ1) is 18.1. The van der Waals surface area contributed by atoms with Crippen molar-refractivity contribution < 1.29 is 4.74 Å². The van der Waals surface area contributed by atoms with Gasteiger partial charge in [0, 0.05) is 43.9 Å². The third-order valence-electron chi connectivity index (χ3n) is 5.74. The van der Waals surface area contributed by atoms with E-state index in [0.29, 0.717) is 5.88 Å². The van der Waals surface area contributed by atoms with Crippen molar-refractivity contribution in [2.24, 2.45) is 4.99 Å². The molecule has 3 aromatic rings. The molecular weight excluding hydrogens is 388 g/mol. The highest BCUT2D eigenvalue weighted by Gasteiger charge is 2.31. The van der Waals surface area contributed by atoms with Crippen LogP contribution in [-0.2, 0) is 0 Å². The molecule has 1 saturated heterocycles. The SMILES string of the molecule is C1=NC(c2ccccc2)N2C=C(CN3CC(Oc4cnc5ccccc5n4)C3)NC=C12. The van der Waals surface area contributed by atoms with Gasteiger partial charge in [-0.3, -0.25) is 9.89 Å². The summed E-state index contributed by atoms with van der Waals surface area (Å²) in [5, 5.41) is 3.41. The Hall–Kier alpha value is -3.71. The second-order valence-electron chi connectivity index (χ2n) is 7.97. The fraction of sp³-hybridized carbons (Fsp3) is 0.208. The highest BCUT2D eigenvalue weighted by Crippen LogP contribution is 2.32. The van der Waals surface area contributed by atoms with Crippen molar-refractivity contribution in [2.45, 2.75) is 12.3 Å². The molecule has 0 bridgehead atoms. The maximum absolute atomic E-state index is 6.02. The largest absolute Gasteiger partial charge is 0.471 e. The van der Waals surface area contributed by atoms with E-state index in [4.69, 9.17) is 4.74 Å². The van der Waals surface area contributed by atoms with E-state index in [1.165, 1.54) is 5.56 Å². The first-order valence-electron chi connectivity index (χ1n) is 10.5. The van der Waals surface area contributed by atoms with Crippen LogP contribution in [0.15, 0.2) is 89.6 Å². The fourth-order valence-corrected chi connectivity index (χ4v) is 4.15. The van der Waals surface area contributed by atoms with E-state index < -0.39 is 0 Å². The molecule has 3 aliphatic heterocycles. The standard InChI is InChI=1S/C24H22N6O/c1-2-6-17(7-3-1)24-27-11-19-10-25-18(14-30(19)24)13-29-15-20(16-29)31-23-12-26-21-8-4-5-9-22(21)28-23/h1-12,14,20,24-25H,13,15-16H2. The van der Waals surface area contributed by atoms with Crippen molar-refractivity contribution in [3.05, 3.63) is 90.2 Å². The van der Waals surface area contributed by atoms with Gasteiger partial charge < -0.3 is 15.0 Å². The molecular formula is C24H22N6O. The van der Waals surface area contributed by atoms with Gasteiger partial charge in [0.25, 0.3) is 0 Å². The van der Waals surface area contributed by atoms with Crippen molar-refractivity contribution in [1.82, 2.24) is 25.1 Å².